The van der Waals surface area contributed by atoms with Crippen molar-refractivity contribution < 1.29 is 18.8 Å². The number of urea groups is 1. The average molecular weight is 704 g/mol. The summed E-state index contributed by atoms with van der Waals surface area (Å²) in [7, 11) is 0. The number of anilines is 1. The molecule has 270 valence electrons. The Hall–Kier alpha value is -3.11. The van der Waals surface area contributed by atoms with Crippen LogP contribution in [-0.2, 0) is 16.0 Å². The Morgan fingerprint density at radius 1 is 0.900 bits per heavy atom. The molecular weight excluding hydrogens is 650 g/mol. The minimum atomic E-state index is -0.503. The first kappa shape index (κ1) is 35.3. The van der Waals surface area contributed by atoms with Gasteiger partial charge in [-0.2, -0.15) is 0 Å². The topological polar surface area (TPSA) is 76.2 Å². The Bertz CT molecular complexity index is 1560. The molecule has 1 aliphatic carbocycles. The van der Waals surface area contributed by atoms with E-state index in [1.165, 1.54) is 31.0 Å². The summed E-state index contributed by atoms with van der Waals surface area (Å²) in [4.78, 5) is 49.4. The van der Waals surface area contributed by atoms with E-state index in [1.807, 2.05) is 39.0 Å². The largest absolute Gasteiger partial charge is 0.342 e. The predicted molar refractivity (Wildman–Crippen MR) is 198 cm³/mol. The van der Waals surface area contributed by atoms with Crippen LogP contribution in [0.25, 0.3) is 0 Å². The van der Waals surface area contributed by atoms with Crippen molar-refractivity contribution in [1.29, 1.82) is 0 Å². The summed E-state index contributed by atoms with van der Waals surface area (Å²) in [5.74, 6) is -0.0625. The van der Waals surface area contributed by atoms with Gasteiger partial charge in [-0.05, 0) is 105 Å². The molecule has 0 radical (unpaired) electrons. The van der Waals surface area contributed by atoms with Crippen LogP contribution < -0.4 is 5.32 Å². The quantitative estimate of drug-likeness (QED) is 0.310. The van der Waals surface area contributed by atoms with Crippen LogP contribution in [0.5, 0.6) is 0 Å². The minimum Gasteiger partial charge on any atom is -0.342 e. The van der Waals surface area contributed by atoms with Gasteiger partial charge in [-0.15, -0.1) is 11.8 Å². The number of piperidine rings is 2. The van der Waals surface area contributed by atoms with Crippen LogP contribution in [0.4, 0.5) is 14.9 Å². The summed E-state index contributed by atoms with van der Waals surface area (Å²) in [6.07, 6.45) is 8.93. The molecule has 0 aromatic heterocycles. The molecule has 7 rings (SSSR count). The van der Waals surface area contributed by atoms with E-state index in [-0.39, 0.29) is 52.8 Å². The van der Waals surface area contributed by atoms with Crippen LogP contribution in [-0.4, -0.2) is 94.0 Å². The van der Waals surface area contributed by atoms with Gasteiger partial charge in [0.15, 0.2) is 0 Å². The molecule has 4 heterocycles. The summed E-state index contributed by atoms with van der Waals surface area (Å²) in [5, 5.41) is 2.26. The van der Waals surface area contributed by atoms with Gasteiger partial charge in [-0.25, -0.2) is 9.18 Å². The van der Waals surface area contributed by atoms with Crippen molar-refractivity contribution in [3.63, 3.8) is 0 Å². The molecule has 4 fully saturated rings. The van der Waals surface area contributed by atoms with Gasteiger partial charge in [0.05, 0.1) is 5.25 Å². The highest BCUT2D eigenvalue weighted by molar-refractivity contribution is 8.01. The first-order valence-corrected chi connectivity index (χ1v) is 19.9. The van der Waals surface area contributed by atoms with Crippen LogP contribution in [0.15, 0.2) is 42.5 Å². The summed E-state index contributed by atoms with van der Waals surface area (Å²) < 4.78 is 15.8. The van der Waals surface area contributed by atoms with Crippen molar-refractivity contribution in [2.75, 3.05) is 44.6 Å². The van der Waals surface area contributed by atoms with Crippen molar-refractivity contribution in [2.24, 2.45) is 5.41 Å². The normalized spacial score (nSPS) is 24.6. The zero-order chi connectivity index (χ0) is 35.0. The molecule has 2 aromatic carbocycles. The molecule has 10 heteroatoms. The number of hydrogen-bond donors (Lipinski definition) is 1. The molecule has 8 nitrogen and oxygen atoms in total. The summed E-state index contributed by atoms with van der Waals surface area (Å²) in [6, 6.07) is 14.0. The number of carbonyl (C=O) groups excluding carboxylic acids is 3. The van der Waals surface area contributed by atoms with Gasteiger partial charge in [0, 0.05) is 50.4 Å². The fourth-order valence-electron chi connectivity index (χ4n) is 8.61. The molecule has 2 aromatic rings. The van der Waals surface area contributed by atoms with Gasteiger partial charge in [-0.3, -0.25) is 9.59 Å². The van der Waals surface area contributed by atoms with Crippen molar-refractivity contribution in [1.82, 2.24) is 19.6 Å². The van der Waals surface area contributed by atoms with Crippen LogP contribution in [0, 0.1) is 11.2 Å². The summed E-state index contributed by atoms with van der Waals surface area (Å²) >= 11 is 1.54. The van der Waals surface area contributed by atoms with Crippen LogP contribution >= 0.6 is 11.8 Å². The Morgan fingerprint density at radius 3 is 2.34 bits per heavy atom. The van der Waals surface area contributed by atoms with Crippen LogP contribution in [0.1, 0.15) is 107 Å². The number of para-hydroxylation sites is 1. The van der Waals surface area contributed by atoms with Gasteiger partial charge in [0.25, 0.3) is 0 Å². The van der Waals surface area contributed by atoms with E-state index in [0.29, 0.717) is 45.1 Å². The van der Waals surface area contributed by atoms with Crippen molar-refractivity contribution in [3.05, 3.63) is 65.0 Å². The van der Waals surface area contributed by atoms with E-state index in [2.05, 4.69) is 37.1 Å². The number of nitrogens with one attached hydrogen (secondary N) is 1. The van der Waals surface area contributed by atoms with E-state index in [4.69, 9.17) is 0 Å². The third-order valence-electron chi connectivity index (χ3n) is 11.9. The van der Waals surface area contributed by atoms with Crippen LogP contribution in [0.3, 0.4) is 0 Å². The second-order valence-corrected chi connectivity index (χ2v) is 17.6. The van der Waals surface area contributed by atoms with Gasteiger partial charge >= 0.3 is 6.03 Å². The Balaban J connectivity index is 1.02. The van der Waals surface area contributed by atoms with E-state index >= 15 is 4.39 Å². The van der Waals surface area contributed by atoms with Crippen molar-refractivity contribution in [3.8, 4) is 0 Å². The SMILES string of the molecule is CC(C)(C)CCN1C(=O)[C@@H](CC(=O)N2CCC(N3CCc4ccccc4NC3=O)CC2)SC1c1cccc(F)c1C1CCN(C2CCC2)CC1. The molecule has 1 saturated carbocycles. The zero-order valence-corrected chi connectivity index (χ0v) is 30.9. The van der Waals surface area contributed by atoms with Crippen molar-refractivity contribution >= 4 is 35.3 Å². The monoisotopic (exact) mass is 703 g/mol. The molecular formula is C40H54FN5O3S. The summed E-state index contributed by atoms with van der Waals surface area (Å²) in [5.41, 5.74) is 3.74. The number of halogens is 1. The first-order chi connectivity index (χ1) is 24.1. The zero-order valence-electron chi connectivity index (χ0n) is 30.0. The Kier molecular flexibility index (Phi) is 10.5. The molecule has 2 atom stereocenters. The standard InChI is InChI=1S/C40H54FN5O3S/c1-40(2,3)19-25-46-37(48)34(50-38(46)31-11-7-12-32(41)36(31)28-14-20-43(21-15-28)29-9-6-10-29)26-35(47)44-22-17-30(18-23-44)45-24-16-27-8-4-5-13-33(27)42-39(45)49/h4-5,7-8,11-13,28-30,34,38H,6,9-10,14-26H2,1-3H3,(H,42,49)/t34-,38?/m1/s1. The average Bonchev–Trinajstić information content (AvgIpc) is 3.26. The lowest BCUT2D eigenvalue weighted by Crippen LogP contribution is -2.50. The molecule has 50 heavy (non-hydrogen) atoms. The lowest BCUT2D eigenvalue weighted by Gasteiger charge is -2.42. The molecule has 1 N–H and O–H groups in total. The highest BCUT2D eigenvalue weighted by Crippen LogP contribution is 2.49. The van der Waals surface area contributed by atoms with E-state index < -0.39 is 5.25 Å². The lowest BCUT2D eigenvalue weighted by atomic mass is 9.83. The number of nitrogens with zero attached hydrogens (tertiary/aromatic N) is 4. The lowest BCUT2D eigenvalue weighted by molar-refractivity contribution is -0.137. The molecule has 4 amide bonds. The second kappa shape index (κ2) is 14.9. The molecule has 5 aliphatic rings. The fraction of sp³-hybridized carbons (Fsp3) is 0.625. The third kappa shape index (κ3) is 7.57. The predicted octanol–water partition coefficient (Wildman–Crippen LogP) is 7.41. The number of benzene rings is 2. The van der Waals surface area contributed by atoms with Gasteiger partial charge in [0.2, 0.25) is 11.8 Å². The Labute approximate surface area is 301 Å². The second-order valence-electron chi connectivity index (χ2n) is 16.3. The highest BCUT2D eigenvalue weighted by Gasteiger charge is 2.45. The van der Waals surface area contributed by atoms with Gasteiger partial charge in [-0.1, -0.05) is 57.5 Å². The smallest absolute Gasteiger partial charge is 0.322 e. The number of rotatable bonds is 8. The van der Waals surface area contributed by atoms with E-state index in [9.17, 15) is 14.4 Å². The van der Waals surface area contributed by atoms with E-state index in [1.54, 1.807) is 12.1 Å². The minimum absolute atomic E-state index is 0.0108. The fourth-order valence-corrected chi connectivity index (χ4v) is 10.1. The van der Waals surface area contributed by atoms with Gasteiger partial charge < -0.3 is 24.9 Å². The maximum Gasteiger partial charge on any atom is 0.322 e. The maximum atomic E-state index is 15.8. The molecule has 0 spiro atoms. The third-order valence-corrected chi connectivity index (χ3v) is 13.3. The number of likely N-dealkylation sites (tertiary alicyclic amines) is 2. The van der Waals surface area contributed by atoms with E-state index in [0.717, 1.165) is 61.2 Å². The molecule has 3 saturated heterocycles. The first-order valence-electron chi connectivity index (χ1n) is 19.0. The van der Waals surface area contributed by atoms with Gasteiger partial charge in [0.1, 0.15) is 11.2 Å². The number of thioether (sulfide) groups is 1. The van der Waals surface area contributed by atoms with Crippen LogP contribution in [0.2, 0.25) is 0 Å². The number of amides is 4. The number of carbonyl (C=O) groups is 3. The summed E-state index contributed by atoms with van der Waals surface area (Å²) in [6.45, 7) is 10.9. The highest BCUT2D eigenvalue weighted by atomic mass is 32.2. The number of fused-ring (bicyclic) bond motifs is 1. The maximum absolute atomic E-state index is 15.8. The molecule has 1 unspecified atom stereocenters. The molecule has 4 aliphatic heterocycles. The Morgan fingerprint density at radius 2 is 1.64 bits per heavy atom. The van der Waals surface area contributed by atoms with Crippen molar-refractivity contribution in [2.45, 2.75) is 114 Å². The number of hydrogen-bond acceptors (Lipinski definition) is 5. The molecule has 0 bridgehead atoms.